The molecule has 1 aliphatic carbocycles. The van der Waals surface area contributed by atoms with Crippen LogP contribution in [0.5, 0.6) is 0 Å². The molecule has 2 unspecified atom stereocenters. The number of amides is 2. The highest BCUT2D eigenvalue weighted by atomic mass is 16.2. The van der Waals surface area contributed by atoms with Crippen LogP contribution in [-0.2, 0) is 0 Å². The largest absolute Gasteiger partial charge is 0.333 e. The lowest BCUT2D eigenvalue weighted by molar-refractivity contribution is 0.246. The first-order valence-electron chi connectivity index (χ1n) is 3.43. The van der Waals surface area contributed by atoms with Crippen LogP contribution in [0.25, 0.3) is 0 Å². The third-order valence-electron chi connectivity index (χ3n) is 2.15. The van der Waals surface area contributed by atoms with Gasteiger partial charge in [-0.1, -0.05) is 0 Å². The molecule has 1 saturated carbocycles. The van der Waals surface area contributed by atoms with Crippen molar-refractivity contribution in [3.63, 3.8) is 0 Å². The first-order valence-corrected chi connectivity index (χ1v) is 3.43. The van der Waals surface area contributed by atoms with E-state index in [1.54, 1.807) is 0 Å². The summed E-state index contributed by atoms with van der Waals surface area (Å²) >= 11 is 0. The minimum atomic E-state index is 0.0182. The van der Waals surface area contributed by atoms with Crippen molar-refractivity contribution in [1.82, 2.24) is 10.6 Å². The Hall–Kier alpha value is -0.730. The van der Waals surface area contributed by atoms with Crippen molar-refractivity contribution in [2.24, 2.45) is 0 Å². The number of nitrogens with one attached hydrogen (secondary N) is 2. The van der Waals surface area contributed by atoms with E-state index in [1.165, 1.54) is 6.42 Å². The molecule has 0 radical (unpaired) electrons. The van der Waals surface area contributed by atoms with Gasteiger partial charge >= 0.3 is 6.03 Å². The summed E-state index contributed by atoms with van der Waals surface area (Å²) in [5, 5.41) is 5.73. The molecule has 0 spiro atoms. The van der Waals surface area contributed by atoms with Crippen molar-refractivity contribution in [2.45, 2.75) is 31.3 Å². The molecule has 2 rings (SSSR count). The molecular formula is C6H10N2O. The van der Waals surface area contributed by atoms with E-state index in [2.05, 4.69) is 10.6 Å². The molecule has 1 aliphatic heterocycles. The van der Waals surface area contributed by atoms with E-state index >= 15 is 0 Å². The van der Waals surface area contributed by atoms with Crippen LogP contribution >= 0.6 is 0 Å². The highest BCUT2D eigenvalue weighted by Crippen LogP contribution is 2.21. The Balaban J connectivity index is 2.09. The fourth-order valence-corrected chi connectivity index (χ4v) is 1.68. The third-order valence-corrected chi connectivity index (χ3v) is 2.15. The second kappa shape index (κ2) is 1.62. The predicted molar refractivity (Wildman–Crippen MR) is 33.1 cm³/mol. The van der Waals surface area contributed by atoms with Gasteiger partial charge in [-0.15, -0.1) is 0 Å². The van der Waals surface area contributed by atoms with Gasteiger partial charge in [-0.2, -0.15) is 0 Å². The molecule has 50 valence electrons. The number of hydrogen-bond acceptors (Lipinski definition) is 1. The number of fused-ring (bicyclic) bond motifs is 1. The molecule has 0 bridgehead atoms. The SMILES string of the molecule is O=C1NC2CCCC2N1. The van der Waals surface area contributed by atoms with Crippen molar-refractivity contribution in [3.8, 4) is 0 Å². The summed E-state index contributed by atoms with van der Waals surface area (Å²) in [7, 11) is 0. The molecule has 0 aromatic carbocycles. The van der Waals surface area contributed by atoms with E-state index < -0.39 is 0 Å². The van der Waals surface area contributed by atoms with Crippen LogP contribution in [0.4, 0.5) is 4.79 Å². The topological polar surface area (TPSA) is 41.1 Å². The van der Waals surface area contributed by atoms with Crippen LogP contribution in [0.3, 0.4) is 0 Å². The maximum Gasteiger partial charge on any atom is 0.315 e. The Labute approximate surface area is 53.8 Å². The number of urea groups is 1. The molecule has 3 nitrogen and oxygen atoms in total. The Morgan fingerprint density at radius 3 is 2.33 bits per heavy atom. The highest BCUT2D eigenvalue weighted by molar-refractivity contribution is 5.77. The Kier molecular flexibility index (Phi) is 0.917. The fourth-order valence-electron chi connectivity index (χ4n) is 1.68. The maximum absolute atomic E-state index is 10.6. The van der Waals surface area contributed by atoms with Gasteiger partial charge < -0.3 is 10.6 Å². The standard InChI is InChI=1S/C6H10N2O/c9-6-7-4-2-1-3-5(4)8-6/h4-5H,1-3H2,(H2,7,8,9). The number of rotatable bonds is 0. The van der Waals surface area contributed by atoms with Crippen molar-refractivity contribution < 1.29 is 4.79 Å². The first kappa shape index (κ1) is 5.09. The van der Waals surface area contributed by atoms with Crippen molar-refractivity contribution in [3.05, 3.63) is 0 Å². The molecule has 0 aromatic rings. The monoisotopic (exact) mass is 126 g/mol. The lowest BCUT2D eigenvalue weighted by atomic mass is 10.2. The number of hydrogen-bond donors (Lipinski definition) is 2. The average molecular weight is 126 g/mol. The summed E-state index contributed by atoms with van der Waals surface area (Å²) in [6.45, 7) is 0. The summed E-state index contributed by atoms with van der Waals surface area (Å²) in [6.07, 6.45) is 3.56. The van der Waals surface area contributed by atoms with E-state index in [-0.39, 0.29) is 6.03 Å². The fraction of sp³-hybridized carbons (Fsp3) is 0.833. The van der Waals surface area contributed by atoms with E-state index in [0.29, 0.717) is 12.1 Å². The van der Waals surface area contributed by atoms with Crippen LogP contribution in [0, 0.1) is 0 Å². The van der Waals surface area contributed by atoms with Crippen molar-refractivity contribution in [2.75, 3.05) is 0 Å². The van der Waals surface area contributed by atoms with Crippen LogP contribution in [0.2, 0.25) is 0 Å². The maximum atomic E-state index is 10.6. The smallest absolute Gasteiger partial charge is 0.315 e. The van der Waals surface area contributed by atoms with Crippen LogP contribution in [0.15, 0.2) is 0 Å². The van der Waals surface area contributed by atoms with Gasteiger partial charge in [0.05, 0.1) is 12.1 Å². The van der Waals surface area contributed by atoms with E-state index in [0.717, 1.165) is 12.8 Å². The first-order chi connectivity index (χ1) is 4.36. The predicted octanol–water partition coefficient (Wildman–Crippen LogP) is 0.220. The Morgan fingerprint density at radius 1 is 1.22 bits per heavy atom. The van der Waals surface area contributed by atoms with E-state index in [1.807, 2.05) is 0 Å². The summed E-state index contributed by atoms with van der Waals surface area (Å²) in [6, 6.07) is 0.902. The Bertz CT molecular complexity index is 132. The van der Waals surface area contributed by atoms with Gasteiger partial charge in [0, 0.05) is 0 Å². The van der Waals surface area contributed by atoms with E-state index in [4.69, 9.17) is 0 Å². The van der Waals surface area contributed by atoms with Gasteiger partial charge in [0.25, 0.3) is 0 Å². The molecule has 2 atom stereocenters. The van der Waals surface area contributed by atoms with Gasteiger partial charge in [-0.25, -0.2) is 4.79 Å². The zero-order valence-electron chi connectivity index (χ0n) is 5.18. The van der Waals surface area contributed by atoms with Crippen LogP contribution in [-0.4, -0.2) is 18.1 Å². The highest BCUT2D eigenvalue weighted by Gasteiger charge is 2.34. The molecule has 9 heavy (non-hydrogen) atoms. The number of carbonyl (C=O) groups excluding carboxylic acids is 1. The molecular weight excluding hydrogens is 116 g/mol. The molecule has 2 N–H and O–H groups in total. The van der Waals surface area contributed by atoms with Crippen molar-refractivity contribution >= 4 is 6.03 Å². The van der Waals surface area contributed by atoms with Crippen molar-refractivity contribution in [1.29, 1.82) is 0 Å². The summed E-state index contributed by atoms with van der Waals surface area (Å²) < 4.78 is 0. The zero-order chi connectivity index (χ0) is 6.27. The molecule has 2 amide bonds. The summed E-state index contributed by atoms with van der Waals surface area (Å²) in [5.41, 5.74) is 0. The zero-order valence-corrected chi connectivity index (χ0v) is 5.18. The second-order valence-electron chi connectivity index (χ2n) is 2.76. The van der Waals surface area contributed by atoms with Gasteiger partial charge in [0.2, 0.25) is 0 Å². The minimum absolute atomic E-state index is 0.0182. The average Bonchev–Trinajstić information content (AvgIpc) is 2.22. The summed E-state index contributed by atoms with van der Waals surface area (Å²) in [5.74, 6) is 0. The van der Waals surface area contributed by atoms with Crippen LogP contribution in [0.1, 0.15) is 19.3 Å². The molecule has 1 heterocycles. The Morgan fingerprint density at radius 2 is 1.78 bits per heavy atom. The lowest BCUT2D eigenvalue weighted by Crippen LogP contribution is -2.26. The molecule has 0 aromatic heterocycles. The van der Waals surface area contributed by atoms with Gasteiger partial charge in [0.1, 0.15) is 0 Å². The second-order valence-corrected chi connectivity index (χ2v) is 2.76. The van der Waals surface area contributed by atoms with Gasteiger partial charge in [-0.05, 0) is 19.3 Å². The van der Waals surface area contributed by atoms with E-state index in [9.17, 15) is 4.79 Å². The summed E-state index contributed by atoms with van der Waals surface area (Å²) in [4.78, 5) is 10.6. The number of carbonyl (C=O) groups is 1. The lowest BCUT2D eigenvalue weighted by Gasteiger charge is -2.03. The molecule has 2 fully saturated rings. The van der Waals surface area contributed by atoms with Gasteiger partial charge in [0.15, 0.2) is 0 Å². The normalized spacial score (nSPS) is 39.8. The molecule has 1 saturated heterocycles. The van der Waals surface area contributed by atoms with Crippen LogP contribution < -0.4 is 10.6 Å². The third kappa shape index (κ3) is 0.677. The quantitative estimate of drug-likeness (QED) is 0.479. The molecule has 2 aliphatic rings. The minimum Gasteiger partial charge on any atom is -0.333 e. The molecule has 3 heteroatoms. The van der Waals surface area contributed by atoms with Gasteiger partial charge in [-0.3, -0.25) is 0 Å².